The molecular weight excluding hydrogens is 232 g/mol. The van der Waals surface area contributed by atoms with Gasteiger partial charge in [0.1, 0.15) is 0 Å². The summed E-state index contributed by atoms with van der Waals surface area (Å²) in [5.74, 6) is 0.490. The molecule has 17 heavy (non-hydrogen) atoms. The second kappa shape index (κ2) is 5.45. The van der Waals surface area contributed by atoms with Gasteiger partial charge in [-0.1, -0.05) is 18.2 Å². The van der Waals surface area contributed by atoms with Gasteiger partial charge in [0.15, 0.2) is 5.96 Å². The summed E-state index contributed by atoms with van der Waals surface area (Å²) in [5, 5.41) is 2.01. The molecule has 5 heteroatoms. The molecule has 0 aliphatic heterocycles. The topological polar surface area (TPSA) is 54.5 Å². The zero-order valence-electron chi connectivity index (χ0n) is 9.58. The Hall–Kier alpha value is -1.88. The van der Waals surface area contributed by atoms with Gasteiger partial charge in [0, 0.05) is 12.4 Å². The van der Waals surface area contributed by atoms with E-state index in [9.17, 15) is 0 Å². The third kappa shape index (κ3) is 3.29. The predicted octanol–water partition coefficient (Wildman–Crippen LogP) is 2.22. The van der Waals surface area contributed by atoms with Crippen molar-refractivity contribution in [3.05, 3.63) is 46.9 Å². The standard InChI is InChI=1S/C12H14N4S/c1-16(7-11-8-17-9-14-11)12(13)15-10-5-3-2-4-6-10/h2-6,8-9H,7H2,1H3,(H2,13,15). The van der Waals surface area contributed by atoms with Gasteiger partial charge in [-0.15, -0.1) is 11.3 Å². The van der Waals surface area contributed by atoms with Crippen LogP contribution in [0, 0.1) is 0 Å². The first-order chi connectivity index (χ1) is 8.25. The van der Waals surface area contributed by atoms with Gasteiger partial charge >= 0.3 is 0 Å². The van der Waals surface area contributed by atoms with Crippen molar-refractivity contribution >= 4 is 23.0 Å². The molecule has 88 valence electrons. The molecule has 0 radical (unpaired) electrons. The fourth-order valence-electron chi connectivity index (χ4n) is 1.36. The van der Waals surface area contributed by atoms with Crippen LogP contribution in [0.3, 0.4) is 0 Å². The van der Waals surface area contributed by atoms with E-state index in [1.807, 2.05) is 53.2 Å². The van der Waals surface area contributed by atoms with E-state index in [0.717, 1.165) is 11.4 Å². The first-order valence-corrected chi connectivity index (χ1v) is 6.17. The van der Waals surface area contributed by atoms with Crippen LogP contribution in [0.5, 0.6) is 0 Å². The summed E-state index contributed by atoms with van der Waals surface area (Å²) in [7, 11) is 1.90. The van der Waals surface area contributed by atoms with Gasteiger partial charge < -0.3 is 10.6 Å². The highest BCUT2D eigenvalue weighted by atomic mass is 32.1. The Kier molecular flexibility index (Phi) is 3.72. The van der Waals surface area contributed by atoms with Gasteiger partial charge in [-0.05, 0) is 12.1 Å². The van der Waals surface area contributed by atoms with Gasteiger partial charge in [-0.25, -0.2) is 9.98 Å². The second-order valence-electron chi connectivity index (χ2n) is 3.64. The Morgan fingerprint density at radius 2 is 2.18 bits per heavy atom. The normalized spacial score (nSPS) is 11.5. The molecule has 0 spiro atoms. The zero-order valence-corrected chi connectivity index (χ0v) is 10.4. The lowest BCUT2D eigenvalue weighted by Gasteiger charge is -2.16. The van der Waals surface area contributed by atoms with Crippen LogP contribution in [0.4, 0.5) is 5.69 Å². The highest BCUT2D eigenvalue weighted by molar-refractivity contribution is 7.07. The average Bonchev–Trinajstić information content (AvgIpc) is 2.83. The van der Waals surface area contributed by atoms with Crippen LogP contribution >= 0.6 is 11.3 Å². The van der Waals surface area contributed by atoms with Crippen molar-refractivity contribution in [1.29, 1.82) is 0 Å². The highest BCUT2D eigenvalue weighted by Gasteiger charge is 2.04. The van der Waals surface area contributed by atoms with Gasteiger partial charge in [-0.2, -0.15) is 0 Å². The third-order valence-electron chi connectivity index (χ3n) is 2.27. The van der Waals surface area contributed by atoms with E-state index in [0.29, 0.717) is 12.5 Å². The largest absolute Gasteiger partial charge is 0.369 e. The minimum atomic E-state index is 0.490. The van der Waals surface area contributed by atoms with Crippen LogP contribution in [-0.2, 0) is 6.54 Å². The molecule has 0 saturated heterocycles. The van der Waals surface area contributed by atoms with Crippen molar-refractivity contribution in [3.63, 3.8) is 0 Å². The lowest BCUT2D eigenvalue weighted by molar-refractivity contribution is 0.488. The molecule has 0 fully saturated rings. The number of aliphatic imine (C=N–C) groups is 1. The molecule has 2 rings (SSSR count). The number of rotatable bonds is 3. The predicted molar refractivity (Wildman–Crippen MR) is 71.3 cm³/mol. The maximum absolute atomic E-state index is 5.92. The molecule has 2 N–H and O–H groups in total. The fourth-order valence-corrected chi connectivity index (χ4v) is 1.91. The van der Waals surface area contributed by atoms with E-state index < -0.39 is 0 Å². The molecule has 0 bridgehead atoms. The Bertz CT molecular complexity index is 478. The molecule has 1 aromatic heterocycles. The lowest BCUT2D eigenvalue weighted by Crippen LogP contribution is -2.33. The first kappa shape index (κ1) is 11.6. The van der Waals surface area contributed by atoms with Crippen molar-refractivity contribution in [2.24, 2.45) is 10.7 Å². The summed E-state index contributed by atoms with van der Waals surface area (Å²) in [4.78, 5) is 10.4. The molecule has 4 nitrogen and oxygen atoms in total. The highest BCUT2D eigenvalue weighted by Crippen LogP contribution is 2.10. The Morgan fingerprint density at radius 3 is 2.82 bits per heavy atom. The van der Waals surface area contributed by atoms with E-state index in [2.05, 4.69) is 9.98 Å². The van der Waals surface area contributed by atoms with Crippen molar-refractivity contribution in [2.45, 2.75) is 6.54 Å². The minimum absolute atomic E-state index is 0.490. The molecule has 0 atom stereocenters. The molecule has 0 saturated carbocycles. The number of benzene rings is 1. The molecular formula is C12H14N4S. The van der Waals surface area contributed by atoms with E-state index in [1.165, 1.54) is 0 Å². The summed E-state index contributed by atoms with van der Waals surface area (Å²) >= 11 is 1.58. The fraction of sp³-hybridized carbons (Fsp3) is 0.167. The SMILES string of the molecule is CN(Cc1cscn1)C(N)=Nc1ccccc1. The minimum Gasteiger partial charge on any atom is -0.369 e. The summed E-state index contributed by atoms with van der Waals surface area (Å²) < 4.78 is 0. The molecule has 0 aliphatic carbocycles. The van der Waals surface area contributed by atoms with Crippen molar-refractivity contribution in [3.8, 4) is 0 Å². The monoisotopic (exact) mass is 246 g/mol. The smallest absolute Gasteiger partial charge is 0.196 e. The second-order valence-corrected chi connectivity index (χ2v) is 4.36. The zero-order chi connectivity index (χ0) is 12.1. The van der Waals surface area contributed by atoms with Crippen molar-refractivity contribution in [2.75, 3.05) is 7.05 Å². The molecule has 1 heterocycles. The summed E-state index contributed by atoms with van der Waals surface area (Å²) in [5.41, 5.74) is 9.59. The van der Waals surface area contributed by atoms with Gasteiger partial charge in [0.05, 0.1) is 23.4 Å². The van der Waals surface area contributed by atoms with E-state index >= 15 is 0 Å². The Morgan fingerprint density at radius 1 is 1.41 bits per heavy atom. The number of guanidine groups is 1. The summed E-state index contributed by atoms with van der Waals surface area (Å²) in [6.45, 7) is 0.672. The van der Waals surface area contributed by atoms with E-state index in [-0.39, 0.29) is 0 Å². The number of hydrogen-bond donors (Lipinski definition) is 1. The van der Waals surface area contributed by atoms with E-state index in [4.69, 9.17) is 5.73 Å². The number of thiazole rings is 1. The number of aromatic nitrogens is 1. The number of nitrogens with zero attached hydrogens (tertiary/aromatic N) is 3. The average molecular weight is 246 g/mol. The van der Waals surface area contributed by atoms with Crippen LogP contribution in [-0.4, -0.2) is 22.9 Å². The lowest BCUT2D eigenvalue weighted by atomic mass is 10.3. The Balaban J connectivity index is 2.04. The van der Waals surface area contributed by atoms with Gasteiger partial charge in [-0.3, -0.25) is 0 Å². The quantitative estimate of drug-likeness (QED) is 0.667. The molecule has 0 amide bonds. The number of para-hydroxylation sites is 1. The Labute approximate surface area is 104 Å². The van der Waals surface area contributed by atoms with Crippen LogP contribution in [0.2, 0.25) is 0 Å². The molecule has 0 unspecified atom stereocenters. The molecule has 2 aromatic rings. The molecule has 1 aromatic carbocycles. The van der Waals surface area contributed by atoms with Crippen molar-refractivity contribution in [1.82, 2.24) is 9.88 Å². The van der Waals surface area contributed by atoms with Crippen LogP contribution < -0.4 is 5.73 Å². The summed E-state index contributed by atoms with van der Waals surface area (Å²) in [6.07, 6.45) is 0. The van der Waals surface area contributed by atoms with Crippen LogP contribution in [0.1, 0.15) is 5.69 Å². The van der Waals surface area contributed by atoms with Crippen LogP contribution in [0.15, 0.2) is 46.2 Å². The number of nitrogens with two attached hydrogens (primary N) is 1. The van der Waals surface area contributed by atoms with Crippen molar-refractivity contribution < 1.29 is 0 Å². The molecule has 0 aliphatic rings. The first-order valence-electron chi connectivity index (χ1n) is 5.23. The van der Waals surface area contributed by atoms with Crippen LogP contribution in [0.25, 0.3) is 0 Å². The van der Waals surface area contributed by atoms with Gasteiger partial charge in [0.2, 0.25) is 0 Å². The third-order valence-corrected chi connectivity index (χ3v) is 2.91. The maximum atomic E-state index is 5.92. The number of hydrogen-bond acceptors (Lipinski definition) is 3. The van der Waals surface area contributed by atoms with Gasteiger partial charge in [0.25, 0.3) is 0 Å². The van der Waals surface area contributed by atoms with E-state index in [1.54, 1.807) is 11.3 Å². The maximum Gasteiger partial charge on any atom is 0.196 e. The summed E-state index contributed by atoms with van der Waals surface area (Å²) in [6, 6.07) is 9.67.